The van der Waals surface area contributed by atoms with Crippen LogP contribution in [0.25, 0.3) is 22.0 Å². The number of piperazine rings is 1. The van der Waals surface area contributed by atoms with Crippen LogP contribution in [0.1, 0.15) is 11.3 Å². The molecule has 182 valence electrons. The van der Waals surface area contributed by atoms with E-state index in [-0.39, 0.29) is 6.03 Å². The van der Waals surface area contributed by atoms with Crippen LogP contribution < -0.4 is 20.9 Å². The number of hydrogen-bond donors (Lipinski definition) is 3. The number of aromatic nitrogens is 3. The molecule has 1 aliphatic carbocycles. The SMILES string of the molecule is O=C(Nc1ccc(N2CCNCC2)cc1)Nc1nc2c(s1)-c1nc(-c3ccccc3Cl)ncc1CC2. The van der Waals surface area contributed by atoms with E-state index >= 15 is 0 Å². The highest BCUT2D eigenvalue weighted by atomic mass is 35.5. The van der Waals surface area contributed by atoms with E-state index in [4.69, 9.17) is 16.6 Å². The quantitative estimate of drug-likeness (QED) is 0.350. The second-order valence-electron chi connectivity index (χ2n) is 8.71. The Labute approximate surface area is 217 Å². The molecule has 2 amide bonds. The van der Waals surface area contributed by atoms with Crippen LogP contribution in [0.3, 0.4) is 0 Å². The maximum atomic E-state index is 12.7. The number of amides is 2. The number of urea groups is 1. The number of carbonyl (C=O) groups excluding carboxylic acids is 1. The van der Waals surface area contributed by atoms with E-state index in [0.29, 0.717) is 16.0 Å². The summed E-state index contributed by atoms with van der Waals surface area (Å²) in [6.07, 6.45) is 3.46. The van der Waals surface area contributed by atoms with Gasteiger partial charge in [0.05, 0.1) is 21.3 Å². The van der Waals surface area contributed by atoms with Crippen molar-refractivity contribution < 1.29 is 4.79 Å². The molecule has 2 aromatic heterocycles. The van der Waals surface area contributed by atoms with E-state index in [2.05, 4.69) is 30.8 Å². The second kappa shape index (κ2) is 9.85. The molecular formula is C26H24ClN7OS. The Morgan fingerprint density at radius 3 is 2.61 bits per heavy atom. The molecule has 0 spiro atoms. The highest BCUT2D eigenvalue weighted by Crippen LogP contribution is 2.39. The number of nitrogens with one attached hydrogen (secondary N) is 3. The van der Waals surface area contributed by atoms with Gasteiger partial charge in [0.2, 0.25) is 0 Å². The van der Waals surface area contributed by atoms with Crippen molar-refractivity contribution in [3.63, 3.8) is 0 Å². The summed E-state index contributed by atoms with van der Waals surface area (Å²) < 4.78 is 0. The molecule has 6 rings (SSSR count). The van der Waals surface area contributed by atoms with Crippen LogP contribution >= 0.6 is 22.9 Å². The molecule has 4 aromatic rings. The average molecular weight is 518 g/mol. The zero-order chi connectivity index (χ0) is 24.5. The normalized spacial score (nSPS) is 14.6. The first kappa shape index (κ1) is 22.9. The van der Waals surface area contributed by atoms with Crippen LogP contribution in [0, 0.1) is 0 Å². The van der Waals surface area contributed by atoms with Gasteiger partial charge in [-0.15, -0.1) is 0 Å². The van der Waals surface area contributed by atoms with E-state index < -0.39 is 0 Å². The minimum Gasteiger partial charge on any atom is -0.369 e. The molecular weight excluding hydrogens is 494 g/mol. The van der Waals surface area contributed by atoms with Crippen LogP contribution in [0.4, 0.5) is 21.3 Å². The zero-order valence-corrected chi connectivity index (χ0v) is 21.0. The second-order valence-corrected chi connectivity index (χ2v) is 10.1. The van der Waals surface area contributed by atoms with Crippen LogP contribution in [-0.2, 0) is 12.8 Å². The first-order valence-corrected chi connectivity index (χ1v) is 13.1. The number of anilines is 3. The van der Waals surface area contributed by atoms with Crippen molar-refractivity contribution in [3.8, 4) is 22.0 Å². The summed E-state index contributed by atoms with van der Waals surface area (Å²) in [6.45, 7) is 3.93. The highest BCUT2D eigenvalue weighted by Gasteiger charge is 2.24. The third-order valence-electron chi connectivity index (χ3n) is 6.35. The molecule has 3 heterocycles. The van der Waals surface area contributed by atoms with Crippen molar-refractivity contribution in [1.82, 2.24) is 20.3 Å². The minimum absolute atomic E-state index is 0.323. The summed E-state index contributed by atoms with van der Waals surface area (Å²) in [6, 6.07) is 15.1. The predicted octanol–water partition coefficient (Wildman–Crippen LogP) is 5.07. The Kier molecular flexibility index (Phi) is 6.27. The van der Waals surface area contributed by atoms with E-state index in [1.54, 1.807) is 0 Å². The van der Waals surface area contributed by atoms with Crippen molar-refractivity contribution in [2.75, 3.05) is 41.7 Å². The van der Waals surface area contributed by atoms with Gasteiger partial charge in [-0.25, -0.2) is 19.7 Å². The number of carbonyl (C=O) groups is 1. The van der Waals surface area contributed by atoms with Crippen LogP contribution in [-0.4, -0.2) is 47.2 Å². The third-order valence-corrected chi connectivity index (χ3v) is 7.70. The van der Waals surface area contributed by atoms with Gasteiger partial charge < -0.3 is 15.5 Å². The Balaban J connectivity index is 1.17. The molecule has 3 N–H and O–H groups in total. The van der Waals surface area contributed by atoms with Gasteiger partial charge in [-0.1, -0.05) is 35.1 Å². The Morgan fingerprint density at radius 1 is 1.00 bits per heavy atom. The van der Waals surface area contributed by atoms with E-state index in [1.807, 2.05) is 54.7 Å². The standard InChI is InChI=1S/C26H24ClN7OS/c27-20-4-2-1-3-19(20)24-29-15-16-5-10-21-23(22(16)32-24)36-26(31-21)33-25(35)30-17-6-8-18(9-7-17)34-13-11-28-12-14-34/h1-4,6-9,15,28H,5,10-14H2,(H2,30,31,33,35). The molecule has 1 saturated heterocycles. The van der Waals surface area contributed by atoms with Crippen molar-refractivity contribution in [1.29, 1.82) is 0 Å². The van der Waals surface area contributed by atoms with Crippen molar-refractivity contribution in [2.45, 2.75) is 12.8 Å². The van der Waals surface area contributed by atoms with Crippen molar-refractivity contribution >= 4 is 45.5 Å². The monoisotopic (exact) mass is 517 g/mol. The van der Waals surface area contributed by atoms with Gasteiger partial charge in [-0.3, -0.25) is 5.32 Å². The summed E-state index contributed by atoms with van der Waals surface area (Å²) in [5, 5.41) is 10.3. The Morgan fingerprint density at radius 2 is 1.81 bits per heavy atom. The van der Waals surface area contributed by atoms with E-state index in [9.17, 15) is 4.79 Å². The first-order valence-electron chi connectivity index (χ1n) is 11.9. The predicted molar refractivity (Wildman–Crippen MR) is 145 cm³/mol. The zero-order valence-electron chi connectivity index (χ0n) is 19.4. The molecule has 10 heteroatoms. The summed E-state index contributed by atoms with van der Waals surface area (Å²) >= 11 is 7.80. The molecule has 0 atom stereocenters. The van der Waals surface area contributed by atoms with E-state index in [1.165, 1.54) is 11.3 Å². The lowest BCUT2D eigenvalue weighted by molar-refractivity contribution is 0.262. The smallest absolute Gasteiger partial charge is 0.325 e. The summed E-state index contributed by atoms with van der Waals surface area (Å²) in [7, 11) is 0. The Bertz CT molecular complexity index is 1420. The first-order chi connectivity index (χ1) is 17.6. The summed E-state index contributed by atoms with van der Waals surface area (Å²) in [5.41, 5.74) is 5.55. The number of thiazole rings is 1. The third kappa shape index (κ3) is 4.65. The number of fused-ring (bicyclic) bond motifs is 3. The maximum absolute atomic E-state index is 12.7. The van der Waals surface area contributed by atoms with E-state index in [0.717, 1.165) is 77.8 Å². The number of aryl methyl sites for hydroxylation is 2. The Hall–Kier alpha value is -3.53. The molecule has 0 saturated carbocycles. The fourth-order valence-corrected chi connectivity index (χ4v) is 5.76. The van der Waals surface area contributed by atoms with Gasteiger partial charge in [-0.2, -0.15) is 0 Å². The topological polar surface area (TPSA) is 95.1 Å². The molecule has 0 unspecified atom stereocenters. The van der Waals surface area contributed by atoms with Gasteiger partial charge >= 0.3 is 6.03 Å². The van der Waals surface area contributed by atoms with Gasteiger partial charge in [0.25, 0.3) is 0 Å². The molecule has 2 aromatic carbocycles. The van der Waals surface area contributed by atoms with Gasteiger partial charge in [0.1, 0.15) is 0 Å². The molecule has 1 aliphatic heterocycles. The number of halogens is 1. The summed E-state index contributed by atoms with van der Waals surface area (Å²) in [4.78, 5) is 30.0. The molecule has 1 fully saturated rings. The van der Waals surface area contributed by atoms with Crippen LogP contribution in [0.5, 0.6) is 0 Å². The largest absolute Gasteiger partial charge is 0.369 e. The minimum atomic E-state index is -0.323. The van der Waals surface area contributed by atoms with Gasteiger partial charge in [0.15, 0.2) is 11.0 Å². The molecule has 0 radical (unpaired) electrons. The maximum Gasteiger partial charge on any atom is 0.325 e. The number of hydrogen-bond acceptors (Lipinski definition) is 7. The lowest BCUT2D eigenvalue weighted by Gasteiger charge is -2.29. The van der Waals surface area contributed by atoms with Gasteiger partial charge in [-0.05, 0) is 54.8 Å². The molecule has 0 bridgehead atoms. The molecule has 36 heavy (non-hydrogen) atoms. The van der Waals surface area contributed by atoms with Crippen molar-refractivity contribution in [3.05, 3.63) is 71.0 Å². The fraction of sp³-hybridized carbons (Fsp3) is 0.231. The fourth-order valence-electron chi connectivity index (χ4n) is 4.51. The number of nitrogens with zero attached hydrogens (tertiary/aromatic N) is 4. The molecule has 2 aliphatic rings. The lowest BCUT2D eigenvalue weighted by atomic mass is 9.99. The van der Waals surface area contributed by atoms with Crippen LogP contribution in [0.15, 0.2) is 54.7 Å². The molecule has 8 nitrogen and oxygen atoms in total. The van der Waals surface area contributed by atoms with Crippen molar-refractivity contribution in [2.24, 2.45) is 0 Å². The highest BCUT2D eigenvalue weighted by molar-refractivity contribution is 7.19. The lowest BCUT2D eigenvalue weighted by Crippen LogP contribution is -2.43. The van der Waals surface area contributed by atoms with Crippen LogP contribution in [0.2, 0.25) is 5.02 Å². The number of rotatable bonds is 4. The number of benzene rings is 2. The summed E-state index contributed by atoms with van der Waals surface area (Å²) in [5.74, 6) is 0.581. The van der Waals surface area contributed by atoms with Gasteiger partial charge in [0, 0.05) is 49.3 Å². The average Bonchev–Trinajstić information content (AvgIpc) is 3.32.